The van der Waals surface area contributed by atoms with Gasteiger partial charge in [0.25, 0.3) is 0 Å². The van der Waals surface area contributed by atoms with Gasteiger partial charge in [0.05, 0.1) is 4.90 Å². The smallest absolute Gasteiger partial charge is 0.243 e. The zero-order chi connectivity index (χ0) is 18.4. The molecule has 1 aromatic carbocycles. The van der Waals surface area contributed by atoms with Crippen LogP contribution in [0.2, 0.25) is 0 Å². The monoisotopic (exact) mass is 377 g/mol. The van der Waals surface area contributed by atoms with E-state index >= 15 is 0 Å². The fourth-order valence-corrected chi connectivity index (χ4v) is 5.78. The Kier molecular flexibility index (Phi) is 4.37. The highest BCUT2D eigenvalue weighted by molar-refractivity contribution is 7.89. The molecule has 0 N–H and O–H groups in total. The molecule has 2 aliphatic heterocycles. The number of nitrogens with zero attached hydrogens (tertiary/aromatic N) is 3. The second kappa shape index (κ2) is 6.44. The first kappa shape index (κ1) is 17.6. The summed E-state index contributed by atoms with van der Waals surface area (Å²) in [7, 11) is -3.56. The molecular formula is C18H23N3O4S. The largest absolute Gasteiger partial charge is 0.381 e. The SMILES string of the molecule is Cc1cccc(S(=O)(=O)N2CC(c3noc(C)n3)C3(CCOCC3)C2)c1. The molecule has 140 valence electrons. The van der Waals surface area contributed by atoms with Crippen LogP contribution in [0, 0.1) is 19.3 Å². The predicted molar refractivity (Wildman–Crippen MR) is 94.2 cm³/mol. The number of sulfonamides is 1. The molecule has 0 radical (unpaired) electrons. The molecule has 3 heterocycles. The lowest BCUT2D eigenvalue weighted by Gasteiger charge is -2.36. The first-order chi connectivity index (χ1) is 12.4. The number of ether oxygens (including phenoxy) is 1. The number of aromatic nitrogens is 2. The minimum atomic E-state index is -3.56. The molecule has 1 unspecified atom stereocenters. The summed E-state index contributed by atoms with van der Waals surface area (Å²) in [5.41, 5.74) is 0.724. The average molecular weight is 377 g/mol. The molecule has 26 heavy (non-hydrogen) atoms. The van der Waals surface area contributed by atoms with Crippen LogP contribution >= 0.6 is 0 Å². The zero-order valence-corrected chi connectivity index (χ0v) is 15.8. The van der Waals surface area contributed by atoms with E-state index in [-0.39, 0.29) is 11.3 Å². The lowest BCUT2D eigenvalue weighted by Crippen LogP contribution is -2.37. The molecular weight excluding hydrogens is 354 g/mol. The Morgan fingerprint density at radius 1 is 1.23 bits per heavy atom. The van der Waals surface area contributed by atoms with Crippen LogP contribution in [-0.2, 0) is 14.8 Å². The standard InChI is InChI=1S/C18H23N3O4S/c1-13-4-3-5-15(10-13)26(22,23)21-11-16(17-19-14(2)25-20-17)18(12-21)6-8-24-9-7-18/h3-5,10,16H,6-9,11-12H2,1-2H3. The predicted octanol–water partition coefficient (Wildman–Crippen LogP) is 2.27. The van der Waals surface area contributed by atoms with Crippen molar-refractivity contribution in [3.05, 3.63) is 41.5 Å². The molecule has 0 amide bonds. The van der Waals surface area contributed by atoms with Crippen LogP contribution in [0.1, 0.15) is 36.0 Å². The maximum atomic E-state index is 13.2. The van der Waals surface area contributed by atoms with E-state index in [2.05, 4.69) is 10.1 Å². The van der Waals surface area contributed by atoms with Gasteiger partial charge in [-0.2, -0.15) is 9.29 Å². The van der Waals surface area contributed by atoms with Gasteiger partial charge >= 0.3 is 0 Å². The topological polar surface area (TPSA) is 85.5 Å². The molecule has 1 aromatic heterocycles. The van der Waals surface area contributed by atoms with Crippen LogP contribution in [0.5, 0.6) is 0 Å². The van der Waals surface area contributed by atoms with E-state index in [9.17, 15) is 8.42 Å². The van der Waals surface area contributed by atoms with Crippen molar-refractivity contribution in [2.45, 2.75) is 37.5 Å². The van der Waals surface area contributed by atoms with E-state index in [1.165, 1.54) is 0 Å². The van der Waals surface area contributed by atoms with E-state index in [4.69, 9.17) is 9.26 Å². The van der Waals surface area contributed by atoms with Gasteiger partial charge in [0.1, 0.15) is 0 Å². The summed E-state index contributed by atoms with van der Waals surface area (Å²) in [5.74, 6) is 1.02. The van der Waals surface area contributed by atoms with Crippen molar-refractivity contribution in [1.82, 2.24) is 14.4 Å². The third kappa shape index (κ3) is 2.95. The van der Waals surface area contributed by atoms with E-state index in [1.54, 1.807) is 29.4 Å². The van der Waals surface area contributed by atoms with Gasteiger partial charge in [-0.1, -0.05) is 17.3 Å². The molecule has 2 saturated heterocycles. The highest BCUT2D eigenvalue weighted by Crippen LogP contribution is 2.50. The Hall–Kier alpha value is -1.77. The molecule has 7 nitrogen and oxygen atoms in total. The number of benzene rings is 1. The van der Waals surface area contributed by atoms with Crippen LogP contribution in [0.15, 0.2) is 33.7 Å². The molecule has 2 aromatic rings. The highest BCUT2D eigenvalue weighted by Gasteiger charge is 2.52. The zero-order valence-electron chi connectivity index (χ0n) is 15.0. The van der Waals surface area contributed by atoms with Crippen molar-refractivity contribution >= 4 is 10.0 Å². The van der Waals surface area contributed by atoms with Gasteiger partial charge in [-0.3, -0.25) is 0 Å². The summed E-state index contributed by atoms with van der Waals surface area (Å²) in [4.78, 5) is 4.74. The van der Waals surface area contributed by atoms with Crippen LogP contribution < -0.4 is 0 Å². The van der Waals surface area contributed by atoms with Gasteiger partial charge in [-0.25, -0.2) is 8.42 Å². The Balaban J connectivity index is 1.71. The molecule has 2 aliphatic rings. The number of hydrogen-bond donors (Lipinski definition) is 0. The lowest BCUT2D eigenvalue weighted by molar-refractivity contribution is 0.0132. The van der Waals surface area contributed by atoms with Gasteiger partial charge in [0, 0.05) is 39.1 Å². The summed E-state index contributed by atoms with van der Waals surface area (Å²) in [6, 6.07) is 7.05. The molecule has 0 bridgehead atoms. The fraction of sp³-hybridized carbons (Fsp3) is 0.556. The maximum absolute atomic E-state index is 13.2. The minimum absolute atomic E-state index is 0.0802. The van der Waals surface area contributed by atoms with Gasteiger partial charge in [-0.05, 0) is 42.9 Å². The summed E-state index contributed by atoms with van der Waals surface area (Å²) in [5, 5.41) is 4.10. The first-order valence-electron chi connectivity index (χ1n) is 8.85. The van der Waals surface area contributed by atoms with Crippen LogP contribution in [0.4, 0.5) is 0 Å². The van der Waals surface area contributed by atoms with Crippen molar-refractivity contribution in [2.24, 2.45) is 5.41 Å². The van der Waals surface area contributed by atoms with E-state index in [0.29, 0.717) is 42.9 Å². The van der Waals surface area contributed by atoms with E-state index in [0.717, 1.165) is 18.4 Å². The van der Waals surface area contributed by atoms with Crippen LogP contribution in [0.25, 0.3) is 0 Å². The first-order valence-corrected chi connectivity index (χ1v) is 10.3. The van der Waals surface area contributed by atoms with Crippen molar-refractivity contribution in [2.75, 3.05) is 26.3 Å². The number of hydrogen-bond acceptors (Lipinski definition) is 6. The maximum Gasteiger partial charge on any atom is 0.243 e. The Morgan fingerprint density at radius 2 is 2.00 bits per heavy atom. The highest BCUT2D eigenvalue weighted by atomic mass is 32.2. The van der Waals surface area contributed by atoms with Crippen LogP contribution in [-0.4, -0.2) is 49.2 Å². The third-order valence-corrected chi connectivity index (χ3v) is 7.40. The molecule has 0 saturated carbocycles. The van der Waals surface area contributed by atoms with E-state index in [1.807, 2.05) is 13.0 Å². The fourth-order valence-electron chi connectivity index (χ4n) is 4.13. The lowest BCUT2D eigenvalue weighted by atomic mass is 9.72. The van der Waals surface area contributed by atoms with Crippen molar-refractivity contribution in [3.63, 3.8) is 0 Å². The van der Waals surface area contributed by atoms with Crippen LogP contribution in [0.3, 0.4) is 0 Å². The number of aryl methyl sites for hydroxylation is 2. The molecule has 0 aliphatic carbocycles. The van der Waals surface area contributed by atoms with Crippen molar-refractivity contribution < 1.29 is 17.7 Å². The summed E-state index contributed by atoms with van der Waals surface area (Å²) in [6.07, 6.45) is 1.59. The molecule has 2 fully saturated rings. The Bertz CT molecular complexity index is 903. The second-order valence-corrected chi connectivity index (χ2v) is 9.25. The minimum Gasteiger partial charge on any atom is -0.381 e. The Morgan fingerprint density at radius 3 is 2.65 bits per heavy atom. The van der Waals surface area contributed by atoms with Crippen molar-refractivity contribution in [3.8, 4) is 0 Å². The van der Waals surface area contributed by atoms with Gasteiger partial charge in [0.15, 0.2) is 5.82 Å². The van der Waals surface area contributed by atoms with E-state index < -0.39 is 10.0 Å². The summed E-state index contributed by atoms with van der Waals surface area (Å²) >= 11 is 0. The quantitative estimate of drug-likeness (QED) is 0.816. The summed E-state index contributed by atoms with van der Waals surface area (Å²) < 4.78 is 38.7. The summed E-state index contributed by atoms with van der Waals surface area (Å²) in [6.45, 7) is 5.74. The van der Waals surface area contributed by atoms with Gasteiger partial charge in [0.2, 0.25) is 15.9 Å². The van der Waals surface area contributed by atoms with Gasteiger partial charge in [-0.15, -0.1) is 0 Å². The van der Waals surface area contributed by atoms with Crippen molar-refractivity contribution in [1.29, 1.82) is 0 Å². The third-order valence-electron chi connectivity index (χ3n) is 5.59. The molecule has 1 atom stereocenters. The number of rotatable bonds is 3. The average Bonchev–Trinajstić information content (AvgIpc) is 3.20. The molecule has 4 rings (SSSR count). The molecule has 8 heteroatoms. The Labute approximate surface area is 153 Å². The molecule has 1 spiro atoms. The second-order valence-electron chi connectivity index (χ2n) is 7.31. The van der Waals surface area contributed by atoms with Gasteiger partial charge < -0.3 is 9.26 Å². The normalized spacial score (nSPS) is 23.5.